The van der Waals surface area contributed by atoms with E-state index < -0.39 is 0 Å². The molecule has 2 rings (SSSR count). The number of aromatic nitrogens is 3. The number of rotatable bonds is 5. The maximum atomic E-state index is 6.06. The SMILES string of the molecule is CNc1nc(NCCn2ccnc2)c(Cl)cc1Cl. The molecule has 0 atom stereocenters. The smallest absolute Gasteiger partial charge is 0.147 e. The first-order valence-corrected chi connectivity index (χ1v) is 6.19. The van der Waals surface area contributed by atoms with E-state index in [9.17, 15) is 0 Å². The third-order valence-corrected chi connectivity index (χ3v) is 2.96. The molecule has 0 aliphatic rings. The molecule has 2 aromatic rings. The van der Waals surface area contributed by atoms with Crippen molar-refractivity contribution in [2.24, 2.45) is 0 Å². The van der Waals surface area contributed by atoms with Crippen LogP contribution in [-0.2, 0) is 6.54 Å². The van der Waals surface area contributed by atoms with E-state index in [2.05, 4.69) is 20.6 Å². The highest BCUT2D eigenvalue weighted by Gasteiger charge is 2.07. The van der Waals surface area contributed by atoms with Gasteiger partial charge in [-0.2, -0.15) is 0 Å². The zero-order valence-corrected chi connectivity index (χ0v) is 11.3. The third kappa shape index (κ3) is 3.05. The van der Waals surface area contributed by atoms with Crippen molar-refractivity contribution in [1.29, 1.82) is 0 Å². The van der Waals surface area contributed by atoms with Crippen LogP contribution in [0.3, 0.4) is 0 Å². The molecule has 2 aromatic heterocycles. The maximum absolute atomic E-state index is 6.06. The van der Waals surface area contributed by atoms with Crippen molar-refractivity contribution in [3.05, 3.63) is 34.8 Å². The lowest BCUT2D eigenvalue weighted by Gasteiger charge is -2.10. The summed E-state index contributed by atoms with van der Waals surface area (Å²) in [7, 11) is 1.76. The van der Waals surface area contributed by atoms with Crippen molar-refractivity contribution in [3.8, 4) is 0 Å². The molecule has 2 N–H and O–H groups in total. The van der Waals surface area contributed by atoms with Gasteiger partial charge in [0.1, 0.15) is 11.6 Å². The lowest BCUT2D eigenvalue weighted by molar-refractivity contribution is 0.725. The lowest BCUT2D eigenvalue weighted by Crippen LogP contribution is -2.11. The predicted molar refractivity (Wildman–Crippen MR) is 74.5 cm³/mol. The van der Waals surface area contributed by atoms with E-state index in [-0.39, 0.29) is 0 Å². The Kier molecular flexibility index (Phi) is 4.28. The summed E-state index contributed by atoms with van der Waals surface area (Å²) >= 11 is 12.0. The molecule has 0 spiro atoms. The van der Waals surface area contributed by atoms with Crippen LogP contribution in [0.25, 0.3) is 0 Å². The Balaban J connectivity index is 2.00. The molecule has 7 heteroatoms. The Morgan fingerprint density at radius 2 is 2.06 bits per heavy atom. The number of pyridine rings is 1. The minimum absolute atomic E-state index is 0.502. The summed E-state index contributed by atoms with van der Waals surface area (Å²) in [6, 6.07) is 1.67. The normalized spacial score (nSPS) is 10.4. The molecule has 96 valence electrons. The minimum Gasteiger partial charge on any atom is -0.372 e. The fraction of sp³-hybridized carbons (Fsp3) is 0.273. The molecule has 0 aliphatic heterocycles. The summed E-state index contributed by atoms with van der Waals surface area (Å²) in [5.41, 5.74) is 0. The minimum atomic E-state index is 0.502. The van der Waals surface area contributed by atoms with Gasteiger partial charge >= 0.3 is 0 Å². The van der Waals surface area contributed by atoms with Crippen LogP contribution >= 0.6 is 23.2 Å². The van der Waals surface area contributed by atoms with Crippen LogP contribution in [0.2, 0.25) is 10.0 Å². The van der Waals surface area contributed by atoms with E-state index in [1.807, 2.05) is 10.8 Å². The molecule has 0 bridgehead atoms. The van der Waals surface area contributed by atoms with Crippen molar-refractivity contribution in [2.45, 2.75) is 6.54 Å². The highest BCUT2D eigenvalue weighted by Crippen LogP contribution is 2.28. The van der Waals surface area contributed by atoms with E-state index >= 15 is 0 Å². The first-order chi connectivity index (χ1) is 8.70. The molecule has 0 saturated heterocycles. The summed E-state index contributed by atoms with van der Waals surface area (Å²) in [6.07, 6.45) is 5.40. The van der Waals surface area contributed by atoms with Crippen LogP contribution in [0.5, 0.6) is 0 Å². The highest BCUT2D eigenvalue weighted by molar-refractivity contribution is 6.37. The van der Waals surface area contributed by atoms with Gasteiger partial charge in [-0.1, -0.05) is 23.2 Å². The van der Waals surface area contributed by atoms with E-state index in [1.54, 1.807) is 25.6 Å². The van der Waals surface area contributed by atoms with E-state index in [0.717, 1.165) is 6.54 Å². The van der Waals surface area contributed by atoms with Gasteiger partial charge in [0.05, 0.1) is 16.4 Å². The van der Waals surface area contributed by atoms with Crippen LogP contribution in [0, 0.1) is 0 Å². The summed E-state index contributed by atoms with van der Waals surface area (Å²) < 4.78 is 1.97. The molecule has 0 aliphatic carbocycles. The van der Waals surface area contributed by atoms with Gasteiger partial charge in [0, 0.05) is 32.5 Å². The van der Waals surface area contributed by atoms with Gasteiger partial charge in [-0.3, -0.25) is 0 Å². The summed E-state index contributed by atoms with van der Waals surface area (Å²) in [4.78, 5) is 8.27. The Morgan fingerprint density at radius 1 is 1.28 bits per heavy atom. The molecular weight excluding hydrogens is 273 g/mol. The van der Waals surface area contributed by atoms with Gasteiger partial charge < -0.3 is 15.2 Å². The van der Waals surface area contributed by atoms with Gasteiger partial charge in [0.15, 0.2) is 0 Å². The summed E-state index contributed by atoms with van der Waals surface area (Å²) in [5, 5.41) is 7.08. The lowest BCUT2D eigenvalue weighted by atomic mass is 10.4. The van der Waals surface area contributed by atoms with Gasteiger partial charge in [-0.05, 0) is 6.07 Å². The number of hydrogen-bond donors (Lipinski definition) is 2. The quantitative estimate of drug-likeness (QED) is 0.887. The van der Waals surface area contributed by atoms with Crippen molar-refractivity contribution < 1.29 is 0 Å². The Labute approximate surface area is 115 Å². The monoisotopic (exact) mass is 285 g/mol. The van der Waals surface area contributed by atoms with E-state index in [0.29, 0.717) is 28.2 Å². The third-order valence-electron chi connectivity index (χ3n) is 2.39. The molecular formula is C11H13Cl2N5. The van der Waals surface area contributed by atoms with Crippen LogP contribution < -0.4 is 10.6 Å². The molecule has 0 fully saturated rings. The molecule has 0 aromatic carbocycles. The fourth-order valence-corrected chi connectivity index (χ4v) is 2.01. The topological polar surface area (TPSA) is 54.8 Å². The fourth-order valence-electron chi connectivity index (χ4n) is 1.49. The van der Waals surface area contributed by atoms with Gasteiger partial charge in [0.25, 0.3) is 0 Å². The number of anilines is 2. The maximum Gasteiger partial charge on any atom is 0.147 e. The molecule has 0 amide bonds. The second-order valence-corrected chi connectivity index (χ2v) is 4.44. The molecule has 2 heterocycles. The van der Waals surface area contributed by atoms with Gasteiger partial charge in [-0.25, -0.2) is 9.97 Å². The van der Waals surface area contributed by atoms with Crippen molar-refractivity contribution >= 4 is 34.8 Å². The van der Waals surface area contributed by atoms with Crippen LogP contribution in [0.15, 0.2) is 24.8 Å². The Bertz CT molecular complexity index is 512. The molecule has 0 saturated carbocycles. The van der Waals surface area contributed by atoms with Gasteiger partial charge in [0.2, 0.25) is 0 Å². The Morgan fingerprint density at radius 3 is 2.72 bits per heavy atom. The van der Waals surface area contributed by atoms with Crippen molar-refractivity contribution in [2.75, 3.05) is 24.2 Å². The average molecular weight is 286 g/mol. The number of halogens is 2. The Hall–Kier alpha value is -1.46. The van der Waals surface area contributed by atoms with Crippen LogP contribution in [0.1, 0.15) is 0 Å². The average Bonchev–Trinajstić information content (AvgIpc) is 2.85. The summed E-state index contributed by atoms with van der Waals surface area (Å²) in [5.74, 6) is 1.22. The van der Waals surface area contributed by atoms with E-state index in [1.165, 1.54) is 0 Å². The molecule has 0 radical (unpaired) electrons. The van der Waals surface area contributed by atoms with Crippen molar-refractivity contribution in [3.63, 3.8) is 0 Å². The molecule has 0 unspecified atom stereocenters. The highest BCUT2D eigenvalue weighted by atomic mass is 35.5. The second-order valence-electron chi connectivity index (χ2n) is 3.63. The largest absolute Gasteiger partial charge is 0.372 e. The zero-order valence-electron chi connectivity index (χ0n) is 9.82. The molecule has 18 heavy (non-hydrogen) atoms. The van der Waals surface area contributed by atoms with E-state index in [4.69, 9.17) is 23.2 Å². The van der Waals surface area contributed by atoms with Crippen molar-refractivity contribution in [1.82, 2.24) is 14.5 Å². The number of imidazole rings is 1. The number of nitrogens with one attached hydrogen (secondary N) is 2. The summed E-state index contributed by atoms with van der Waals surface area (Å²) in [6.45, 7) is 1.49. The second kappa shape index (κ2) is 5.93. The number of nitrogens with zero attached hydrogens (tertiary/aromatic N) is 3. The predicted octanol–water partition coefficient (Wildman–Crippen LogP) is 2.74. The first-order valence-electron chi connectivity index (χ1n) is 5.44. The van der Waals surface area contributed by atoms with Crippen LogP contribution in [0.4, 0.5) is 11.6 Å². The van der Waals surface area contributed by atoms with Gasteiger partial charge in [-0.15, -0.1) is 0 Å². The molecule has 5 nitrogen and oxygen atoms in total. The standard InChI is InChI=1S/C11H13Cl2N5/c1-14-10-8(12)6-9(13)11(17-10)16-3-5-18-4-2-15-7-18/h2,4,6-7H,3,5H2,1H3,(H2,14,16,17). The number of hydrogen-bond acceptors (Lipinski definition) is 4. The zero-order chi connectivity index (χ0) is 13.0. The first kappa shape index (κ1) is 13.0. The van der Waals surface area contributed by atoms with Crippen LogP contribution in [-0.4, -0.2) is 28.1 Å².